The van der Waals surface area contributed by atoms with Crippen LogP contribution in [-0.4, -0.2) is 19.1 Å². The fraction of sp³-hybridized carbons (Fsp3) is 0.286. The topological polar surface area (TPSA) is 99.4 Å². The van der Waals surface area contributed by atoms with Gasteiger partial charge < -0.3 is 4.98 Å². The summed E-state index contributed by atoms with van der Waals surface area (Å²) in [6, 6.07) is 0. The van der Waals surface area contributed by atoms with Gasteiger partial charge in [-0.1, -0.05) is 0 Å². The number of nitrogens with one attached hydrogen (secondary N) is 3. The first-order valence-corrected chi connectivity index (χ1v) is 3.95. The van der Waals surface area contributed by atoms with Crippen molar-refractivity contribution in [3.8, 4) is 0 Å². The van der Waals surface area contributed by atoms with Crippen molar-refractivity contribution in [3.63, 3.8) is 0 Å². The molecule has 0 spiro atoms. The lowest BCUT2D eigenvalue weighted by Gasteiger charge is -2.03. The number of H-pyrrole nitrogens is 2. The third-order valence-corrected chi connectivity index (χ3v) is 2.19. The van der Waals surface area contributed by atoms with Crippen LogP contribution in [0.4, 0.5) is 0 Å². The van der Waals surface area contributed by atoms with Crippen molar-refractivity contribution in [2.45, 2.75) is 0 Å². The molecule has 0 amide bonds. The smallest absolute Gasteiger partial charge is 0.301 e. The van der Waals surface area contributed by atoms with Gasteiger partial charge in [-0.2, -0.15) is 0 Å². The van der Waals surface area contributed by atoms with Crippen LogP contribution >= 0.6 is 12.4 Å². The van der Waals surface area contributed by atoms with Crippen LogP contribution in [0.1, 0.15) is 0 Å². The van der Waals surface area contributed by atoms with Gasteiger partial charge in [0.25, 0.3) is 0 Å². The van der Waals surface area contributed by atoms with Gasteiger partial charge in [0, 0.05) is 14.1 Å². The van der Waals surface area contributed by atoms with Crippen molar-refractivity contribution < 1.29 is 0 Å². The second-order valence-corrected chi connectivity index (χ2v) is 3.05. The average Bonchev–Trinajstić information content (AvgIpc) is 2.54. The first-order chi connectivity index (χ1) is 6.52. The molecule has 0 saturated heterocycles. The Morgan fingerprint density at radius 2 is 1.73 bits per heavy atom. The molecule has 0 saturated carbocycles. The van der Waals surface area contributed by atoms with E-state index < -0.39 is 5.69 Å². The van der Waals surface area contributed by atoms with Crippen molar-refractivity contribution >= 4 is 23.6 Å². The maximum absolute atomic E-state index is 11.5. The van der Waals surface area contributed by atoms with E-state index >= 15 is 0 Å². The zero-order valence-electron chi connectivity index (χ0n) is 8.12. The Labute approximate surface area is 89.3 Å². The second-order valence-electron chi connectivity index (χ2n) is 3.05. The number of nitrogens with zero attached hydrogens (tertiary/aromatic N) is 2. The van der Waals surface area contributed by atoms with Crippen LogP contribution in [0.2, 0.25) is 0 Å². The van der Waals surface area contributed by atoms with E-state index in [0.29, 0.717) is 11.2 Å². The molecule has 0 aliphatic carbocycles. The van der Waals surface area contributed by atoms with Gasteiger partial charge in [0.1, 0.15) is 11.2 Å². The standard InChI is InChI=1S/C7H9N5O2.ClH/c1-11-4(8)3-5(10-6(13)9-3)12(2)7(11)14;/h8H,1-2H3,(H2,9,10,13);1H. The lowest BCUT2D eigenvalue weighted by atomic mass is 10.5. The van der Waals surface area contributed by atoms with Gasteiger partial charge in [0.05, 0.1) is 0 Å². The first-order valence-electron chi connectivity index (χ1n) is 3.95. The molecule has 2 aromatic heterocycles. The fourth-order valence-corrected chi connectivity index (χ4v) is 1.38. The van der Waals surface area contributed by atoms with Crippen molar-refractivity contribution in [1.82, 2.24) is 19.1 Å². The summed E-state index contributed by atoms with van der Waals surface area (Å²) in [6.45, 7) is 0. The summed E-state index contributed by atoms with van der Waals surface area (Å²) in [5.41, 5.74) is -0.114. The minimum Gasteiger partial charge on any atom is -0.301 e. The van der Waals surface area contributed by atoms with Gasteiger partial charge >= 0.3 is 11.4 Å². The van der Waals surface area contributed by atoms with E-state index in [4.69, 9.17) is 5.41 Å². The number of halogens is 1. The van der Waals surface area contributed by atoms with E-state index in [1.54, 1.807) is 0 Å². The summed E-state index contributed by atoms with van der Waals surface area (Å²) in [5, 5.41) is 7.60. The Kier molecular flexibility index (Phi) is 2.59. The quantitative estimate of drug-likeness (QED) is 0.530. The van der Waals surface area contributed by atoms with E-state index in [-0.39, 0.29) is 23.6 Å². The minimum absolute atomic E-state index is 0. The van der Waals surface area contributed by atoms with E-state index in [1.807, 2.05) is 0 Å². The molecule has 2 heterocycles. The average molecular weight is 232 g/mol. The molecular formula is C7H10ClN5O2. The van der Waals surface area contributed by atoms with Gasteiger partial charge in [-0.15, -0.1) is 12.4 Å². The molecule has 2 rings (SSSR count). The highest BCUT2D eigenvalue weighted by atomic mass is 35.5. The highest BCUT2D eigenvalue weighted by Crippen LogP contribution is 1.94. The van der Waals surface area contributed by atoms with Gasteiger partial charge in [-0.25, -0.2) is 9.59 Å². The molecule has 0 fully saturated rings. The lowest BCUT2D eigenvalue weighted by Crippen LogP contribution is -2.37. The molecule has 7 nitrogen and oxygen atoms in total. The van der Waals surface area contributed by atoms with Crippen molar-refractivity contribution in [1.29, 1.82) is 5.41 Å². The van der Waals surface area contributed by atoms with Gasteiger partial charge in [0.15, 0.2) is 5.49 Å². The number of aryl methyl sites for hydroxylation is 1. The molecule has 3 N–H and O–H groups in total. The largest absolute Gasteiger partial charge is 0.330 e. The van der Waals surface area contributed by atoms with Crippen LogP contribution in [0.3, 0.4) is 0 Å². The molecule has 0 atom stereocenters. The minimum atomic E-state index is -0.422. The lowest BCUT2D eigenvalue weighted by molar-refractivity contribution is 0.690. The third kappa shape index (κ3) is 1.40. The number of hydrogen-bond donors (Lipinski definition) is 3. The molecule has 0 bridgehead atoms. The maximum atomic E-state index is 11.5. The number of aromatic nitrogens is 4. The Balaban J connectivity index is 0.00000112. The molecular weight excluding hydrogens is 222 g/mol. The maximum Gasteiger partial charge on any atom is 0.330 e. The fourth-order valence-electron chi connectivity index (χ4n) is 1.38. The molecule has 0 aromatic carbocycles. The number of aromatic amines is 2. The Morgan fingerprint density at radius 1 is 1.13 bits per heavy atom. The van der Waals surface area contributed by atoms with Crippen LogP contribution in [-0.2, 0) is 14.1 Å². The van der Waals surface area contributed by atoms with Crippen LogP contribution in [0.25, 0.3) is 11.2 Å². The number of imidazole rings is 1. The molecule has 82 valence electrons. The summed E-state index contributed by atoms with van der Waals surface area (Å²) in [7, 11) is 3.02. The summed E-state index contributed by atoms with van der Waals surface area (Å²) >= 11 is 0. The van der Waals surface area contributed by atoms with E-state index in [9.17, 15) is 9.59 Å². The van der Waals surface area contributed by atoms with Crippen LogP contribution in [0.5, 0.6) is 0 Å². The van der Waals surface area contributed by atoms with E-state index in [2.05, 4.69) is 9.97 Å². The normalized spacial score (nSPS) is 10.3. The van der Waals surface area contributed by atoms with E-state index in [0.717, 1.165) is 4.57 Å². The number of rotatable bonds is 0. The van der Waals surface area contributed by atoms with Gasteiger partial charge in [0.2, 0.25) is 0 Å². The molecule has 0 radical (unpaired) electrons. The van der Waals surface area contributed by atoms with Crippen LogP contribution in [0.15, 0.2) is 9.59 Å². The summed E-state index contributed by atoms with van der Waals surface area (Å²) in [6.07, 6.45) is 0. The molecule has 2 aromatic rings. The molecule has 0 unspecified atom stereocenters. The second kappa shape index (κ2) is 3.43. The van der Waals surface area contributed by atoms with Crippen LogP contribution < -0.4 is 16.9 Å². The predicted molar refractivity (Wildman–Crippen MR) is 56.2 cm³/mol. The van der Waals surface area contributed by atoms with Crippen molar-refractivity contribution in [3.05, 3.63) is 26.5 Å². The highest BCUT2D eigenvalue weighted by molar-refractivity contribution is 5.85. The summed E-state index contributed by atoms with van der Waals surface area (Å²) < 4.78 is 2.44. The van der Waals surface area contributed by atoms with E-state index in [1.165, 1.54) is 18.7 Å². The molecule has 15 heavy (non-hydrogen) atoms. The Bertz CT molecular complexity index is 673. The molecule has 0 aliphatic rings. The predicted octanol–water partition coefficient (Wildman–Crippen LogP) is -1.21. The molecule has 8 heteroatoms. The zero-order chi connectivity index (χ0) is 10.5. The summed E-state index contributed by atoms with van der Waals surface area (Å²) in [5.74, 6) is 0. The third-order valence-electron chi connectivity index (χ3n) is 2.19. The first kappa shape index (κ1) is 11.3. The van der Waals surface area contributed by atoms with Crippen molar-refractivity contribution in [2.75, 3.05) is 0 Å². The zero-order valence-corrected chi connectivity index (χ0v) is 8.94. The van der Waals surface area contributed by atoms with Crippen LogP contribution in [0, 0.1) is 5.41 Å². The van der Waals surface area contributed by atoms with Gasteiger partial charge in [-0.05, 0) is 0 Å². The monoisotopic (exact) mass is 231 g/mol. The Morgan fingerprint density at radius 3 is 2.33 bits per heavy atom. The highest BCUT2D eigenvalue weighted by Gasteiger charge is 2.07. The van der Waals surface area contributed by atoms with Gasteiger partial charge in [-0.3, -0.25) is 19.5 Å². The molecule has 0 aliphatic heterocycles. The van der Waals surface area contributed by atoms with Crippen molar-refractivity contribution in [2.24, 2.45) is 14.1 Å². The SMILES string of the molecule is Cl.Cn1c(=N)c2[nH]c(=O)[nH]c2n(C)c1=O. The summed E-state index contributed by atoms with van der Waals surface area (Å²) in [4.78, 5) is 27.4. The Hall–Kier alpha value is -1.76. The number of fused-ring (bicyclic) bond motifs is 1. The number of hydrogen-bond acceptors (Lipinski definition) is 3.